The summed E-state index contributed by atoms with van der Waals surface area (Å²) in [6, 6.07) is 27.1. The maximum atomic E-state index is 13.3. The number of aromatic amines is 1. The molecule has 0 atom stereocenters. The fourth-order valence-corrected chi connectivity index (χ4v) is 3.53. The maximum Gasteiger partial charge on any atom is 0.280 e. The minimum Gasteiger partial charge on any atom is -0.290 e. The molecule has 0 unspecified atom stereocenters. The molecule has 0 aliphatic carbocycles. The highest BCUT2D eigenvalue weighted by molar-refractivity contribution is 9.10. The van der Waals surface area contributed by atoms with Crippen molar-refractivity contribution in [2.45, 2.75) is 6.92 Å². The molecule has 1 N–H and O–H groups in total. The third kappa shape index (κ3) is 3.62. The van der Waals surface area contributed by atoms with E-state index in [1.54, 1.807) is 4.68 Å². The Kier molecular flexibility index (Phi) is 5.08. The number of hydrogen-bond donors (Lipinski definition) is 1. The Labute approximate surface area is 171 Å². The fourth-order valence-electron chi connectivity index (χ4n) is 3.14. The minimum atomic E-state index is -0.124. The summed E-state index contributed by atoms with van der Waals surface area (Å²) in [5, 5.41) is 3.27. The first kappa shape index (κ1) is 18.2. The van der Waals surface area contributed by atoms with Crippen LogP contribution in [0.2, 0.25) is 0 Å². The first-order valence-corrected chi connectivity index (χ1v) is 9.70. The summed E-state index contributed by atoms with van der Waals surface area (Å²) < 4.78 is 2.51. The number of aromatic nitrogens is 2. The Morgan fingerprint density at radius 2 is 1.61 bits per heavy atom. The van der Waals surface area contributed by atoms with Gasteiger partial charge in [-0.15, -0.1) is 0 Å². The van der Waals surface area contributed by atoms with Crippen molar-refractivity contribution in [3.05, 3.63) is 105 Å². The fraction of sp³-hybridized carbons (Fsp3) is 0.0435. The lowest BCUT2D eigenvalue weighted by Gasteiger charge is -2.03. The SMILES string of the molecule is CC(=Nc1cccc(Br)c1)c1c(-c2ccccc2)[nH]n(-c2ccccc2)c1=O. The molecule has 0 spiro atoms. The minimum absolute atomic E-state index is 0.124. The monoisotopic (exact) mass is 431 g/mol. The van der Waals surface area contributed by atoms with Crippen molar-refractivity contribution in [2.75, 3.05) is 0 Å². The Hall–Kier alpha value is -3.18. The first-order chi connectivity index (χ1) is 13.6. The van der Waals surface area contributed by atoms with Gasteiger partial charge < -0.3 is 0 Å². The molecule has 1 heterocycles. The van der Waals surface area contributed by atoms with E-state index in [0.29, 0.717) is 11.3 Å². The molecule has 0 fully saturated rings. The molecule has 0 radical (unpaired) electrons. The van der Waals surface area contributed by atoms with Gasteiger partial charge in [0, 0.05) is 10.0 Å². The molecular weight excluding hydrogens is 414 g/mol. The Morgan fingerprint density at radius 3 is 2.29 bits per heavy atom. The number of nitrogens with zero attached hydrogens (tertiary/aromatic N) is 2. The van der Waals surface area contributed by atoms with E-state index in [9.17, 15) is 4.79 Å². The second kappa shape index (κ2) is 7.82. The molecule has 4 rings (SSSR count). The summed E-state index contributed by atoms with van der Waals surface area (Å²) in [4.78, 5) is 18.0. The van der Waals surface area contributed by atoms with E-state index in [1.807, 2.05) is 91.9 Å². The van der Waals surface area contributed by atoms with Crippen molar-refractivity contribution in [1.82, 2.24) is 9.78 Å². The lowest BCUT2D eigenvalue weighted by atomic mass is 10.1. The van der Waals surface area contributed by atoms with Gasteiger partial charge in [0.15, 0.2) is 0 Å². The van der Waals surface area contributed by atoms with Gasteiger partial charge in [-0.25, -0.2) is 4.68 Å². The number of rotatable bonds is 4. The number of benzene rings is 3. The standard InChI is InChI=1S/C23H18BrN3O/c1-16(25-19-12-8-11-18(24)15-19)21-22(17-9-4-2-5-10-17)26-27(23(21)28)20-13-6-3-7-14-20/h2-15,26H,1H3. The van der Waals surface area contributed by atoms with Gasteiger partial charge in [-0.05, 0) is 37.3 Å². The Morgan fingerprint density at radius 1 is 0.929 bits per heavy atom. The first-order valence-electron chi connectivity index (χ1n) is 8.90. The average Bonchev–Trinajstić information content (AvgIpc) is 3.06. The molecule has 3 aromatic carbocycles. The topological polar surface area (TPSA) is 50.1 Å². The van der Waals surface area contributed by atoms with E-state index in [-0.39, 0.29) is 5.56 Å². The smallest absolute Gasteiger partial charge is 0.280 e. The highest BCUT2D eigenvalue weighted by Crippen LogP contribution is 2.24. The summed E-state index contributed by atoms with van der Waals surface area (Å²) in [6.45, 7) is 1.87. The number of aliphatic imine (C=N–C) groups is 1. The number of hydrogen-bond acceptors (Lipinski definition) is 2. The van der Waals surface area contributed by atoms with Crippen molar-refractivity contribution >= 4 is 27.3 Å². The third-order valence-electron chi connectivity index (χ3n) is 4.43. The molecule has 4 aromatic rings. The van der Waals surface area contributed by atoms with Crippen molar-refractivity contribution in [1.29, 1.82) is 0 Å². The van der Waals surface area contributed by atoms with Crippen molar-refractivity contribution < 1.29 is 0 Å². The summed E-state index contributed by atoms with van der Waals surface area (Å²) >= 11 is 3.47. The van der Waals surface area contributed by atoms with Crippen molar-refractivity contribution in [3.8, 4) is 16.9 Å². The average molecular weight is 432 g/mol. The van der Waals surface area contributed by atoms with Gasteiger partial charge in [0.05, 0.1) is 28.3 Å². The molecule has 0 saturated heterocycles. The van der Waals surface area contributed by atoms with Gasteiger partial charge in [-0.2, -0.15) is 0 Å². The highest BCUT2D eigenvalue weighted by atomic mass is 79.9. The van der Waals surface area contributed by atoms with Crippen LogP contribution in [-0.2, 0) is 0 Å². The third-order valence-corrected chi connectivity index (χ3v) is 4.93. The van der Waals surface area contributed by atoms with Crippen LogP contribution in [0.3, 0.4) is 0 Å². The quantitative estimate of drug-likeness (QED) is 0.411. The van der Waals surface area contributed by atoms with E-state index in [0.717, 1.165) is 27.1 Å². The van der Waals surface area contributed by atoms with E-state index in [4.69, 9.17) is 4.99 Å². The molecule has 28 heavy (non-hydrogen) atoms. The second-order valence-electron chi connectivity index (χ2n) is 6.38. The zero-order valence-electron chi connectivity index (χ0n) is 15.3. The molecule has 0 aliphatic heterocycles. The normalized spacial score (nSPS) is 11.6. The van der Waals surface area contributed by atoms with Crippen LogP contribution in [0.15, 0.2) is 99.2 Å². The molecule has 0 saturated carbocycles. The van der Waals surface area contributed by atoms with Crippen LogP contribution in [0, 0.1) is 0 Å². The van der Waals surface area contributed by atoms with Crippen LogP contribution in [0.1, 0.15) is 12.5 Å². The lowest BCUT2D eigenvalue weighted by Crippen LogP contribution is -2.19. The van der Waals surface area contributed by atoms with Gasteiger partial charge in [0.1, 0.15) is 0 Å². The number of para-hydroxylation sites is 1. The van der Waals surface area contributed by atoms with Gasteiger partial charge in [0.25, 0.3) is 5.56 Å². The van der Waals surface area contributed by atoms with E-state index in [2.05, 4.69) is 21.0 Å². The molecule has 1 aromatic heterocycles. The maximum absolute atomic E-state index is 13.3. The van der Waals surface area contributed by atoms with E-state index >= 15 is 0 Å². The molecule has 5 heteroatoms. The number of halogens is 1. The van der Waals surface area contributed by atoms with Crippen LogP contribution in [0.25, 0.3) is 16.9 Å². The molecule has 0 amide bonds. The highest BCUT2D eigenvalue weighted by Gasteiger charge is 2.19. The zero-order chi connectivity index (χ0) is 19.5. The summed E-state index contributed by atoms with van der Waals surface area (Å²) in [5.41, 5.74) is 4.37. The Bertz CT molecular complexity index is 1190. The molecule has 0 aliphatic rings. The molecule has 138 valence electrons. The van der Waals surface area contributed by atoms with Crippen LogP contribution in [0.4, 0.5) is 5.69 Å². The van der Waals surface area contributed by atoms with Gasteiger partial charge in [-0.1, -0.05) is 70.5 Å². The van der Waals surface area contributed by atoms with Gasteiger partial charge in [0.2, 0.25) is 0 Å². The summed E-state index contributed by atoms with van der Waals surface area (Å²) in [7, 11) is 0. The zero-order valence-corrected chi connectivity index (χ0v) is 16.8. The molecule has 4 nitrogen and oxygen atoms in total. The van der Waals surface area contributed by atoms with Gasteiger partial charge >= 0.3 is 0 Å². The van der Waals surface area contributed by atoms with E-state index in [1.165, 1.54) is 0 Å². The van der Waals surface area contributed by atoms with Crippen LogP contribution in [-0.4, -0.2) is 15.5 Å². The number of nitrogens with one attached hydrogen (secondary N) is 1. The largest absolute Gasteiger partial charge is 0.290 e. The van der Waals surface area contributed by atoms with E-state index < -0.39 is 0 Å². The van der Waals surface area contributed by atoms with Crippen LogP contribution < -0.4 is 5.56 Å². The Balaban J connectivity index is 1.92. The van der Waals surface area contributed by atoms with Crippen molar-refractivity contribution in [2.24, 2.45) is 4.99 Å². The summed E-state index contributed by atoms with van der Waals surface area (Å²) in [6.07, 6.45) is 0. The predicted octanol–water partition coefficient (Wildman–Crippen LogP) is 5.74. The van der Waals surface area contributed by atoms with Crippen LogP contribution in [0.5, 0.6) is 0 Å². The summed E-state index contributed by atoms with van der Waals surface area (Å²) in [5.74, 6) is 0. The van der Waals surface area contributed by atoms with Crippen molar-refractivity contribution in [3.63, 3.8) is 0 Å². The molecule has 0 bridgehead atoms. The molecular formula is C23H18BrN3O. The van der Waals surface area contributed by atoms with Crippen LogP contribution >= 0.6 is 15.9 Å². The second-order valence-corrected chi connectivity index (χ2v) is 7.30. The van der Waals surface area contributed by atoms with Gasteiger partial charge in [-0.3, -0.25) is 14.9 Å². The number of H-pyrrole nitrogens is 1. The predicted molar refractivity (Wildman–Crippen MR) is 118 cm³/mol. The lowest BCUT2D eigenvalue weighted by molar-refractivity contribution is 0.852.